The van der Waals surface area contributed by atoms with Gasteiger partial charge in [0.05, 0.1) is 13.1 Å². The zero-order valence-electron chi connectivity index (χ0n) is 18.7. The highest BCUT2D eigenvalue weighted by atomic mass is 16.2. The number of rotatable bonds is 5. The van der Waals surface area contributed by atoms with Crippen LogP contribution in [0.3, 0.4) is 0 Å². The van der Waals surface area contributed by atoms with E-state index in [1.807, 2.05) is 0 Å². The number of carbonyl (C=O) groups excluding carboxylic acids is 3. The molecule has 1 saturated heterocycles. The Morgan fingerprint density at radius 1 is 0.882 bits per heavy atom. The molecule has 0 saturated carbocycles. The van der Waals surface area contributed by atoms with E-state index in [4.69, 9.17) is 0 Å². The number of amides is 4. The van der Waals surface area contributed by atoms with Gasteiger partial charge < -0.3 is 10.6 Å². The van der Waals surface area contributed by atoms with Crippen LogP contribution in [-0.4, -0.2) is 35.8 Å². The van der Waals surface area contributed by atoms with Crippen molar-refractivity contribution in [2.45, 2.75) is 24.8 Å². The van der Waals surface area contributed by atoms with Crippen molar-refractivity contribution in [2.24, 2.45) is 5.92 Å². The number of hydrogen-bond donors (Lipinski definition) is 2. The molecule has 1 fully saturated rings. The molecule has 3 aliphatic carbocycles. The maximum atomic E-state index is 12.9. The molecular weight excluding hydrogens is 426 g/mol. The predicted molar refractivity (Wildman–Crippen MR) is 127 cm³/mol. The Labute approximate surface area is 198 Å². The topological polar surface area (TPSA) is 78.5 Å². The fourth-order valence-corrected chi connectivity index (χ4v) is 5.85. The number of hydrogen-bond acceptors (Lipinski definition) is 3. The molecule has 2 bridgehead atoms. The zero-order valence-corrected chi connectivity index (χ0v) is 18.7. The summed E-state index contributed by atoms with van der Waals surface area (Å²) < 4.78 is 0. The van der Waals surface area contributed by atoms with Gasteiger partial charge in [-0.05, 0) is 52.3 Å². The number of imide groups is 1. The lowest BCUT2D eigenvalue weighted by Gasteiger charge is -2.45. The third kappa shape index (κ3) is 3.37. The molecule has 0 radical (unpaired) electrons. The Morgan fingerprint density at radius 3 is 2.09 bits per heavy atom. The van der Waals surface area contributed by atoms with Gasteiger partial charge in [0.15, 0.2) is 0 Å². The number of benzene rings is 3. The summed E-state index contributed by atoms with van der Waals surface area (Å²) in [6, 6.07) is 24.1. The highest BCUT2D eigenvalue weighted by Crippen LogP contribution is 2.55. The number of nitrogens with zero attached hydrogens (tertiary/aromatic N) is 1. The van der Waals surface area contributed by atoms with Crippen LogP contribution in [0.2, 0.25) is 0 Å². The molecule has 0 aromatic heterocycles. The van der Waals surface area contributed by atoms with Crippen LogP contribution in [0.15, 0.2) is 72.8 Å². The van der Waals surface area contributed by atoms with E-state index in [0.29, 0.717) is 29.9 Å². The average molecular weight is 452 g/mol. The van der Waals surface area contributed by atoms with Crippen LogP contribution in [0.4, 0.5) is 4.79 Å². The van der Waals surface area contributed by atoms with Gasteiger partial charge in [0.25, 0.3) is 5.91 Å². The summed E-state index contributed by atoms with van der Waals surface area (Å²) in [5, 5.41) is 5.67. The lowest BCUT2D eigenvalue weighted by molar-refractivity contribution is -0.125. The zero-order chi connectivity index (χ0) is 23.2. The van der Waals surface area contributed by atoms with Crippen molar-refractivity contribution in [3.63, 3.8) is 0 Å². The van der Waals surface area contributed by atoms with Crippen LogP contribution in [-0.2, 0) is 11.3 Å². The third-order valence-corrected chi connectivity index (χ3v) is 7.44. The molecule has 1 heterocycles. The van der Waals surface area contributed by atoms with Gasteiger partial charge in [0, 0.05) is 23.9 Å². The Bertz CT molecular complexity index is 1240. The molecule has 170 valence electrons. The van der Waals surface area contributed by atoms with E-state index >= 15 is 0 Å². The first-order valence-electron chi connectivity index (χ1n) is 11.7. The molecule has 1 unspecified atom stereocenters. The lowest BCUT2D eigenvalue weighted by Crippen LogP contribution is -2.39. The molecule has 4 amide bonds. The van der Waals surface area contributed by atoms with Crippen LogP contribution < -0.4 is 10.6 Å². The maximum Gasteiger partial charge on any atom is 0.324 e. The summed E-state index contributed by atoms with van der Waals surface area (Å²) in [6.45, 7) is 0.862. The summed E-state index contributed by atoms with van der Waals surface area (Å²) >= 11 is 0. The van der Waals surface area contributed by atoms with Crippen LogP contribution >= 0.6 is 0 Å². The summed E-state index contributed by atoms with van der Waals surface area (Å²) in [5.41, 5.74) is 7.01. The molecule has 34 heavy (non-hydrogen) atoms. The predicted octanol–water partition coefficient (Wildman–Crippen LogP) is 3.77. The van der Waals surface area contributed by atoms with Gasteiger partial charge >= 0.3 is 6.03 Å². The monoisotopic (exact) mass is 451 g/mol. The quantitative estimate of drug-likeness (QED) is 0.580. The van der Waals surface area contributed by atoms with E-state index in [2.05, 4.69) is 59.2 Å². The highest BCUT2D eigenvalue weighted by molar-refractivity contribution is 6.01. The Kier molecular flexibility index (Phi) is 4.94. The van der Waals surface area contributed by atoms with E-state index in [1.165, 1.54) is 27.2 Å². The van der Waals surface area contributed by atoms with Crippen molar-refractivity contribution in [1.82, 2.24) is 15.5 Å². The van der Waals surface area contributed by atoms with Crippen LogP contribution in [0.1, 0.15) is 56.4 Å². The van der Waals surface area contributed by atoms with Gasteiger partial charge in [-0.1, -0.05) is 60.7 Å². The molecule has 4 aliphatic rings. The second-order valence-electron chi connectivity index (χ2n) is 9.33. The van der Waals surface area contributed by atoms with Gasteiger partial charge in [-0.25, -0.2) is 4.79 Å². The van der Waals surface area contributed by atoms with E-state index in [1.54, 1.807) is 24.3 Å². The minimum Gasteiger partial charge on any atom is -0.352 e. The maximum absolute atomic E-state index is 12.9. The van der Waals surface area contributed by atoms with Crippen LogP contribution in [0, 0.1) is 5.92 Å². The molecule has 1 aliphatic heterocycles. The first-order valence-corrected chi connectivity index (χ1v) is 11.7. The SMILES string of the molecule is O=C(NCC1CC2c3ccccc3C1c1ccccc12)c1ccc(CN2C(=O)CNC2=O)cc1. The minimum atomic E-state index is -0.378. The van der Waals surface area contributed by atoms with Crippen LogP contribution in [0.25, 0.3) is 0 Å². The number of carbonyl (C=O) groups is 3. The summed E-state index contributed by atoms with van der Waals surface area (Å²) in [7, 11) is 0. The standard InChI is InChI=1S/C28H25N3O3/c32-25-15-30-28(34)31(25)16-17-9-11-18(12-10-17)27(33)29-14-19-13-24-20-5-1-3-7-22(20)26(19)23-8-4-2-6-21(23)24/h1-12,19,24,26H,13-16H2,(H,29,33)(H,30,34). The molecule has 6 nitrogen and oxygen atoms in total. The Balaban J connectivity index is 1.15. The molecule has 1 atom stereocenters. The molecule has 0 spiro atoms. The largest absolute Gasteiger partial charge is 0.352 e. The fourth-order valence-electron chi connectivity index (χ4n) is 5.85. The normalized spacial score (nSPS) is 22.2. The van der Waals surface area contributed by atoms with Crippen LogP contribution in [0.5, 0.6) is 0 Å². The molecule has 7 rings (SSSR count). The summed E-state index contributed by atoms with van der Waals surface area (Å²) in [4.78, 5) is 37.6. The molecule has 3 aromatic rings. The van der Waals surface area contributed by atoms with E-state index in [9.17, 15) is 14.4 Å². The Hall–Kier alpha value is -3.93. The first-order chi connectivity index (χ1) is 16.6. The summed E-state index contributed by atoms with van der Waals surface area (Å²) in [5.74, 6) is 0.673. The van der Waals surface area contributed by atoms with Gasteiger partial charge in [0.2, 0.25) is 5.91 Å². The average Bonchev–Trinajstić information content (AvgIpc) is 3.20. The van der Waals surface area contributed by atoms with Crippen molar-refractivity contribution in [3.05, 3.63) is 106 Å². The summed E-state index contributed by atoms with van der Waals surface area (Å²) in [6.07, 6.45) is 1.03. The smallest absolute Gasteiger partial charge is 0.324 e. The van der Waals surface area contributed by atoms with Crippen molar-refractivity contribution >= 4 is 17.8 Å². The van der Waals surface area contributed by atoms with Crippen molar-refractivity contribution in [3.8, 4) is 0 Å². The molecular formula is C28H25N3O3. The van der Waals surface area contributed by atoms with Gasteiger partial charge in [-0.2, -0.15) is 0 Å². The first kappa shape index (κ1) is 20.7. The van der Waals surface area contributed by atoms with E-state index in [-0.39, 0.29) is 30.9 Å². The molecule has 3 aromatic carbocycles. The fraction of sp³-hybridized carbons (Fsp3) is 0.250. The molecule has 6 heteroatoms. The second-order valence-corrected chi connectivity index (χ2v) is 9.33. The van der Waals surface area contributed by atoms with Crippen molar-refractivity contribution < 1.29 is 14.4 Å². The van der Waals surface area contributed by atoms with E-state index in [0.717, 1.165) is 12.0 Å². The van der Waals surface area contributed by atoms with Gasteiger partial charge in [0.1, 0.15) is 0 Å². The van der Waals surface area contributed by atoms with Crippen molar-refractivity contribution in [2.75, 3.05) is 13.1 Å². The third-order valence-electron chi connectivity index (χ3n) is 7.44. The number of nitrogens with one attached hydrogen (secondary N) is 2. The number of fused-ring (bicyclic) bond motifs is 1. The van der Waals surface area contributed by atoms with E-state index < -0.39 is 0 Å². The Morgan fingerprint density at radius 2 is 1.50 bits per heavy atom. The van der Waals surface area contributed by atoms with Gasteiger partial charge in [-0.15, -0.1) is 0 Å². The molecule has 2 N–H and O–H groups in total. The highest BCUT2D eigenvalue weighted by Gasteiger charge is 2.42. The minimum absolute atomic E-state index is 0.0390. The lowest BCUT2D eigenvalue weighted by atomic mass is 9.59. The van der Waals surface area contributed by atoms with Gasteiger partial charge in [-0.3, -0.25) is 14.5 Å². The van der Waals surface area contributed by atoms with Crippen molar-refractivity contribution in [1.29, 1.82) is 0 Å². The number of urea groups is 1. The second kappa shape index (κ2) is 8.13.